The summed E-state index contributed by atoms with van der Waals surface area (Å²) < 4.78 is 0. The molecule has 0 unspecified atom stereocenters. The zero-order chi connectivity index (χ0) is 18.1. The van der Waals surface area contributed by atoms with Gasteiger partial charge in [-0.25, -0.2) is 20.8 Å². The molecule has 1 amide bonds. The molecule has 3 N–H and O–H groups in total. The van der Waals surface area contributed by atoms with Gasteiger partial charge in [-0.2, -0.15) is 0 Å². The first kappa shape index (κ1) is 19.0. The molecule has 2 rings (SSSR count). The molecule has 7 nitrogen and oxygen atoms in total. The maximum atomic E-state index is 11.0. The highest BCUT2D eigenvalue weighted by Crippen LogP contribution is 2.25. The molecule has 0 bridgehead atoms. The minimum Gasteiger partial charge on any atom is -0.351 e. The normalized spacial score (nSPS) is 11.0. The predicted molar refractivity (Wildman–Crippen MR) is 101 cm³/mol. The van der Waals surface area contributed by atoms with Gasteiger partial charge in [0.1, 0.15) is 12.0 Å². The van der Waals surface area contributed by atoms with Gasteiger partial charge in [-0.15, -0.1) is 11.3 Å². The number of carbonyl (C=O) groups excluding carboxylic acids is 1. The van der Waals surface area contributed by atoms with Crippen molar-refractivity contribution in [2.24, 2.45) is 10.8 Å². The topological polar surface area (TPSA) is 96.5 Å². The number of hydrogen-bond donors (Lipinski definition) is 2. The van der Waals surface area contributed by atoms with E-state index >= 15 is 0 Å². The Morgan fingerprint density at radius 3 is 2.96 bits per heavy atom. The highest BCUT2D eigenvalue weighted by Gasteiger charge is 2.06. The molecule has 0 aliphatic carbocycles. The number of carbonyl (C=O) groups is 1. The molecule has 0 saturated heterocycles. The van der Waals surface area contributed by atoms with Crippen molar-refractivity contribution >= 4 is 28.7 Å². The molecule has 0 aliphatic heterocycles. The molecule has 0 spiro atoms. The van der Waals surface area contributed by atoms with Crippen molar-refractivity contribution in [3.05, 3.63) is 29.3 Å². The lowest BCUT2D eigenvalue weighted by atomic mass is 10.2. The van der Waals surface area contributed by atoms with Gasteiger partial charge in [-0.1, -0.05) is 25.8 Å². The van der Waals surface area contributed by atoms with E-state index in [1.165, 1.54) is 18.3 Å². The third-order valence-electron chi connectivity index (χ3n) is 3.42. The smallest absolute Gasteiger partial charge is 0.217 e. The number of rotatable bonds is 9. The van der Waals surface area contributed by atoms with Crippen molar-refractivity contribution in [1.29, 1.82) is 0 Å². The van der Waals surface area contributed by atoms with Crippen LogP contribution >= 0.6 is 11.3 Å². The van der Waals surface area contributed by atoms with E-state index in [-0.39, 0.29) is 5.91 Å². The lowest BCUT2D eigenvalue weighted by Gasteiger charge is -2.10. The van der Waals surface area contributed by atoms with Crippen LogP contribution in [0.15, 0.2) is 28.6 Å². The molecule has 2 heterocycles. The fraction of sp³-hybridized carbons (Fsp3) is 0.412. The van der Waals surface area contributed by atoms with E-state index in [1.54, 1.807) is 11.3 Å². The largest absolute Gasteiger partial charge is 0.351 e. The number of hydrogen-bond acceptors (Lipinski definition) is 6. The van der Waals surface area contributed by atoms with Gasteiger partial charge in [0.15, 0.2) is 0 Å². The summed E-state index contributed by atoms with van der Waals surface area (Å²) >= 11 is 1.44. The Balaban J connectivity index is 1.98. The highest BCUT2D eigenvalue weighted by atomic mass is 32.1. The summed E-state index contributed by atoms with van der Waals surface area (Å²) in [6.45, 7) is 4.82. The maximum absolute atomic E-state index is 11.0. The van der Waals surface area contributed by atoms with Crippen LogP contribution in [0.5, 0.6) is 0 Å². The van der Waals surface area contributed by atoms with Gasteiger partial charge in [0.25, 0.3) is 0 Å². The maximum Gasteiger partial charge on any atom is 0.217 e. The zero-order valence-electron chi connectivity index (χ0n) is 14.6. The fourth-order valence-electron chi connectivity index (χ4n) is 2.10. The number of nitrogens with two attached hydrogens (primary N) is 1. The molecule has 0 saturated carbocycles. The SMILES string of the molecule is CCCCCN(N)C=Nc1nc(-c2cccc(CNC(C)=O)n2)cs1. The number of pyridine rings is 1. The first-order valence-electron chi connectivity index (χ1n) is 8.30. The van der Waals surface area contributed by atoms with Crippen LogP contribution in [0.3, 0.4) is 0 Å². The predicted octanol–water partition coefficient (Wildman–Crippen LogP) is 2.87. The van der Waals surface area contributed by atoms with Crippen LogP contribution in [0.2, 0.25) is 0 Å². The second-order valence-corrected chi connectivity index (χ2v) is 6.47. The van der Waals surface area contributed by atoms with E-state index in [0.29, 0.717) is 11.7 Å². The minimum atomic E-state index is -0.0808. The summed E-state index contributed by atoms with van der Waals surface area (Å²) in [4.78, 5) is 24.3. The Morgan fingerprint density at radius 2 is 2.20 bits per heavy atom. The van der Waals surface area contributed by atoms with Gasteiger partial charge in [-0.05, 0) is 18.6 Å². The van der Waals surface area contributed by atoms with Gasteiger partial charge in [0.2, 0.25) is 11.0 Å². The number of nitrogens with one attached hydrogen (secondary N) is 1. The standard InChI is InChI=1S/C17H24N6OS/c1-3-4-5-9-23(18)12-20-17-22-16(11-25-17)15-8-6-7-14(21-15)10-19-13(2)24/h6-8,11-12H,3-5,9-10,18H2,1-2H3,(H,19,24). The Hall–Kier alpha value is -2.32. The molecule has 134 valence electrons. The van der Waals surface area contributed by atoms with Crippen LogP contribution in [0.25, 0.3) is 11.4 Å². The summed E-state index contributed by atoms with van der Waals surface area (Å²) in [5.41, 5.74) is 2.30. The zero-order valence-corrected chi connectivity index (χ0v) is 15.4. The first-order chi connectivity index (χ1) is 12.1. The van der Waals surface area contributed by atoms with Gasteiger partial charge >= 0.3 is 0 Å². The van der Waals surface area contributed by atoms with Crippen LogP contribution < -0.4 is 11.2 Å². The lowest BCUT2D eigenvalue weighted by Crippen LogP contribution is -2.30. The Kier molecular flexibility index (Phi) is 7.49. The van der Waals surface area contributed by atoms with E-state index in [9.17, 15) is 4.79 Å². The van der Waals surface area contributed by atoms with Crippen LogP contribution in [0.4, 0.5) is 5.13 Å². The quantitative estimate of drug-likeness (QED) is 0.236. The number of thiazole rings is 1. The molecule has 0 aliphatic rings. The van der Waals surface area contributed by atoms with E-state index in [1.807, 2.05) is 23.6 Å². The molecule has 2 aromatic rings. The lowest BCUT2D eigenvalue weighted by molar-refractivity contribution is -0.119. The second kappa shape index (κ2) is 9.85. The third kappa shape index (κ3) is 6.60. The van der Waals surface area contributed by atoms with Crippen LogP contribution in [0, 0.1) is 0 Å². The van der Waals surface area contributed by atoms with Crippen LogP contribution in [-0.2, 0) is 11.3 Å². The minimum absolute atomic E-state index is 0.0808. The second-order valence-electron chi connectivity index (χ2n) is 5.63. The van der Waals surface area contributed by atoms with E-state index in [2.05, 4.69) is 27.2 Å². The molecule has 25 heavy (non-hydrogen) atoms. The number of aromatic nitrogens is 2. The van der Waals surface area contributed by atoms with E-state index in [4.69, 9.17) is 5.84 Å². The van der Waals surface area contributed by atoms with Crippen molar-refractivity contribution in [2.75, 3.05) is 6.54 Å². The van der Waals surface area contributed by atoms with Gasteiger partial charge in [0.05, 0.1) is 17.9 Å². The molecule has 0 atom stereocenters. The molecule has 0 aromatic carbocycles. The first-order valence-corrected chi connectivity index (χ1v) is 9.18. The van der Waals surface area contributed by atoms with Gasteiger partial charge in [-0.3, -0.25) is 4.79 Å². The van der Waals surface area contributed by atoms with Crippen molar-refractivity contribution in [2.45, 2.75) is 39.7 Å². The van der Waals surface area contributed by atoms with Crippen LogP contribution in [-0.4, -0.2) is 33.8 Å². The molecule has 0 radical (unpaired) electrons. The Bertz CT molecular complexity index is 715. The number of hydrazine groups is 1. The summed E-state index contributed by atoms with van der Waals surface area (Å²) in [7, 11) is 0. The summed E-state index contributed by atoms with van der Waals surface area (Å²) in [5, 5.41) is 6.87. The Labute approximate surface area is 152 Å². The van der Waals surface area contributed by atoms with Crippen molar-refractivity contribution < 1.29 is 4.79 Å². The summed E-state index contributed by atoms with van der Waals surface area (Å²) in [5.74, 6) is 5.79. The van der Waals surface area contributed by atoms with Crippen molar-refractivity contribution in [3.8, 4) is 11.4 Å². The van der Waals surface area contributed by atoms with Gasteiger partial charge < -0.3 is 10.3 Å². The number of aliphatic imine (C=N–C) groups is 1. The number of nitrogens with zero attached hydrogens (tertiary/aromatic N) is 4. The molecule has 0 fully saturated rings. The van der Waals surface area contributed by atoms with E-state index < -0.39 is 0 Å². The molecular weight excluding hydrogens is 336 g/mol. The average Bonchev–Trinajstić information content (AvgIpc) is 3.08. The van der Waals surface area contributed by atoms with Crippen molar-refractivity contribution in [3.63, 3.8) is 0 Å². The fourth-order valence-corrected chi connectivity index (χ4v) is 2.75. The van der Waals surface area contributed by atoms with E-state index in [0.717, 1.165) is 42.9 Å². The summed E-state index contributed by atoms with van der Waals surface area (Å²) in [6, 6.07) is 5.66. The average molecular weight is 360 g/mol. The summed E-state index contributed by atoms with van der Waals surface area (Å²) in [6.07, 6.45) is 4.98. The van der Waals surface area contributed by atoms with Crippen molar-refractivity contribution in [1.82, 2.24) is 20.3 Å². The molecule has 2 aromatic heterocycles. The highest BCUT2D eigenvalue weighted by molar-refractivity contribution is 7.13. The Morgan fingerprint density at radius 1 is 1.36 bits per heavy atom. The molecular formula is C17H24N6OS. The number of unbranched alkanes of at least 4 members (excludes halogenated alkanes) is 2. The molecule has 8 heteroatoms. The monoisotopic (exact) mass is 360 g/mol. The van der Waals surface area contributed by atoms with Gasteiger partial charge in [0, 0.05) is 18.8 Å². The van der Waals surface area contributed by atoms with Crippen LogP contribution in [0.1, 0.15) is 38.8 Å². The number of amides is 1. The third-order valence-corrected chi connectivity index (χ3v) is 4.16.